The maximum absolute atomic E-state index is 3.38. The van der Waals surface area contributed by atoms with Gasteiger partial charge in [-0.15, -0.1) is 0 Å². The van der Waals surface area contributed by atoms with Crippen molar-refractivity contribution in [3.8, 4) is 0 Å². The van der Waals surface area contributed by atoms with E-state index in [-0.39, 0.29) is 0 Å². The van der Waals surface area contributed by atoms with Crippen LogP contribution >= 0.6 is 0 Å². The van der Waals surface area contributed by atoms with Gasteiger partial charge in [-0.1, -0.05) is 0 Å². The second-order valence-corrected chi connectivity index (χ2v) is 3.13. The van der Waals surface area contributed by atoms with Gasteiger partial charge in [-0.3, -0.25) is 0 Å². The van der Waals surface area contributed by atoms with E-state index in [0.717, 1.165) is 6.04 Å². The minimum absolute atomic E-state index is 0.444. The van der Waals surface area contributed by atoms with E-state index in [2.05, 4.69) is 26.1 Å². The normalized spacial score (nSPS) is 37.3. The van der Waals surface area contributed by atoms with Gasteiger partial charge in [-0.25, -0.2) is 0 Å². The highest BCUT2D eigenvalue weighted by molar-refractivity contribution is 4.93. The molecule has 0 aromatic carbocycles. The monoisotopic (exact) mass is 99.1 g/mol. The summed E-state index contributed by atoms with van der Waals surface area (Å²) in [5, 5.41) is 3.38. The Labute approximate surface area is 45.1 Å². The first-order chi connectivity index (χ1) is 3.10. The molecule has 1 heteroatoms. The van der Waals surface area contributed by atoms with Crippen LogP contribution in [-0.2, 0) is 0 Å². The Kier molecular flexibility index (Phi) is 0.890. The van der Waals surface area contributed by atoms with Gasteiger partial charge in [0.25, 0.3) is 0 Å². The first-order valence-corrected chi connectivity index (χ1v) is 2.88. The van der Waals surface area contributed by atoms with Crippen LogP contribution < -0.4 is 5.32 Å². The summed E-state index contributed by atoms with van der Waals surface area (Å²) in [6, 6.07) is 0.759. The van der Waals surface area contributed by atoms with E-state index in [1.807, 2.05) is 0 Å². The number of nitrogens with one attached hydrogen (secondary N) is 1. The Morgan fingerprint density at radius 3 is 2.00 bits per heavy atom. The van der Waals surface area contributed by atoms with Gasteiger partial charge in [0, 0.05) is 11.6 Å². The molecule has 0 radical (unpaired) electrons. The summed E-state index contributed by atoms with van der Waals surface area (Å²) in [7, 11) is 0. The standard InChI is InChI=1S/C6H13N/c1-5-4-6(2,3)7-5/h5,7H,4H2,1-3H3. The van der Waals surface area contributed by atoms with Crippen LogP contribution in [0.5, 0.6) is 0 Å². The molecule has 1 aliphatic rings. The summed E-state index contributed by atoms with van der Waals surface area (Å²) in [5.74, 6) is 0. The highest BCUT2D eigenvalue weighted by Crippen LogP contribution is 2.21. The van der Waals surface area contributed by atoms with Crippen LogP contribution in [-0.4, -0.2) is 11.6 Å². The Balaban J connectivity index is 2.29. The van der Waals surface area contributed by atoms with Gasteiger partial charge >= 0.3 is 0 Å². The van der Waals surface area contributed by atoms with Crippen LogP contribution in [0.25, 0.3) is 0 Å². The third-order valence-electron chi connectivity index (χ3n) is 1.45. The minimum Gasteiger partial charge on any atom is -0.309 e. The lowest BCUT2D eigenvalue weighted by Crippen LogP contribution is -2.58. The number of rotatable bonds is 0. The zero-order valence-electron chi connectivity index (χ0n) is 5.28. The molecule has 7 heavy (non-hydrogen) atoms. The van der Waals surface area contributed by atoms with Crippen molar-refractivity contribution in [3.63, 3.8) is 0 Å². The Bertz CT molecular complexity index is 68.2. The zero-order valence-corrected chi connectivity index (χ0v) is 5.28. The summed E-state index contributed by atoms with van der Waals surface area (Å²) in [5.41, 5.74) is 0.444. The molecule has 1 N–H and O–H groups in total. The molecule has 1 unspecified atom stereocenters. The van der Waals surface area contributed by atoms with E-state index in [9.17, 15) is 0 Å². The predicted octanol–water partition coefficient (Wildman–Crippen LogP) is 1.15. The van der Waals surface area contributed by atoms with Gasteiger partial charge in [0.05, 0.1) is 0 Å². The molecule has 0 spiro atoms. The van der Waals surface area contributed by atoms with Crippen LogP contribution in [0.2, 0.25) is 0 Å². The lowest BCUT2D eigenvalue weighted by molar-refractivity contribution is 0.189. The fourth-order valence-corrected chi connectivity index (χ4v) is 1.41. The van der Waals surface area contributed by atoms with Crippen LogP contribution in [0.3, 0.4) is 0 Å². The molecular weight excluding hydrogens is 86.1 g/mol. The predicted molar refractivity (Wildman–Crippen MR) is 31.3 cm³/mol. The molecule has 0 aromatic heterocycles. The average Bonchev–Trinajstić information content (AvgIpc) is 1.27. The molecule has 42 valence electrons. The van der Waals surface area contributed by atoms with E-state index >= 15 is 0 Å². The van der Waals surface area contributed by atoms with E-state index in [0.29, 0.717) is 5.54 Å². The van der Waals surface area contributed by atoms with Crippen LogP contribution in [0, 0.1) is 0 Å². The first kappa shape index (κ1) is 5.10. The molecule has 1 aliphatic heterocycles. The smallest absolute Gasteiger partial charge is 0.0142 e. The van der Waals surface area contributed by atoms with Crippen molar-refractivity contribution >= 4 is 0 Å². The highest BCUT2D eigenvalue weighted by atomic mass is 15.1. The average molecular weight is 99.2 g/mol. The van der Waals surface area contributed by atoms with E-state index < -0.39 is 0 Å². The van der Waals surface area contributed by atoms with Crippen molar-refractivity contribution in [2.75, 3.05) is 0 Å². The number of hydrogen-bond acceptors (Lipinski definition) is 1. The molecule has 1 rings (SSSR count). The van der Waals surface area contributed by atoms with Gasteiger partial charge in [0.2, 0.25) is 0 Å². The van der Waals surface area contributed by atoms with Crippen LogP contribution in [0.15, 0.2) is 0 Å². The Morgan fingerprint density at radius 1 is 1.57 bits per heavy atom. The van der Waals surface area contributed by atoms with Gasteiger partial charge in [-0.2, -0.15) is 0 Å². The first-order valence-electron chi connectivity index (χ1n) is 2.88. The van der Waals surface area contributed by atoms with Crippen molar-refractivity contribution in [1.82, 2.24) is 5.32 Å². The van der Waals surface area contributed by atoms with E-state index in [1.54, 1.807) is 0 Å². The Hall–Kier alpha value is -0.0400. The fraction of sp³-hybridized carbons (Fsp3) is 1.00. The quantitative estimate of drug-likeness (QED) is 0.480. The van der Waals surface area contributed by atoms with Crippen molar-refractivity contribution in [2.24, 2.45) is 0 Å². The molecule has 0 aromatic rings. The van der Waals surface area contributed by atoms with Crippen molar-refractivity contribution in [3.05, 3.63) is 0 Å². The SMILES string of the molecule is CC1CC(C)(C)N1. The Morgan fingerprint density at radius 2 is 2.00 bits per heavy atom. The molecule has 0 amide bonds. The second-order valence-electron chi connectivity index (χ2n) is 3.13. The number of hydrogen-bond donors (Lipinski definition) is 1. The molecule has 1 fully saturated rings. The van der Waals surface area contributed by atoms with Crippen LogP contribution in [0.1, 0.15) is 27.2 Å². The maximum Gasteiger partial charge on any atom is 0.0142 e. The van der Waals surface area contributed by atoms with Gasteiger partial charge in [0.15, 0.2) is 0 Å². The van der Waals surface area contributed by atoms with Gasteiger partial charge in [0.1, 0.15) is 0 Å². The summed E-state index contributed by atoms with van der Waals surface area (Å²) in [4.78, 5) is 0. The summed E-state index contributed by atoms with van der Waals surface area (Å²) in [6.45, 7) is 6.67. The summed E-state index contributed by atoms with van der Waals surface area (Å²) < 4.78 is 0. The lowest BCUT2D eigenvalue weighted by atomic mass is 9.86. The van der Waals surface area contributed by atoms with Crippen molar-refractivity contribution < 1.29 is 0 Å². The van der Waals surface area contributed by atoms with Crippen molar-refractivity contribution in [1.29, 1.82) is 0 Å². The molecule has 0 bridgehead atoms. The summed E-state index contributed by atoms with van der Waals surface area (Å²) in [6.07, 6.45) is 1.33. The van der Waals surface area contributed by atoms with Gasteiger partial charge < -0.3 is 5.32 Å². The second kappa shape index (κ2) is 1.22. The fourth-order valence-electron chi connectivity index (χ4n) is 1.41. The molecule has 0 saturated carbocycles. The zero-order chi connectivity index (χ0) is 5.49. The molecular formula is C6H13N. The van der Waals surface area contributed by atoms with E-state index in [4.69, 9.17) is 0 Å². The molecule has 1 heterocycles. The molecule has 1 nitrogen and oxygen atoms in total. The largest absolute Gasteiger partial charge is 0.309 e. The third-order valence-corrected chi connectivity index (χ3v) is 1.45. The minimum atomic E-state index is 0.444. The maximum atomic E-state index is 3.38. The topological polar surface area (TPSA) is 12.0 Å². The third kappa shape index (κ3) is 0.942. The lowest BCUT2D eigenvalue weighted by Gasteiger charge is -2.42. The van der Waals surface area contributed by atoms with Gasteiger partial charge in [-0.05, 0) is 27.2 Å². The van der Waals surface area contributed by atoms with Crippen molar-refractivity contribution in [2.45, 2.75) is 38.8 Å². The highest BCUT2D eigenvalue weighted by Gasteiger charge is 2.31. The molecule has 0 aliphatic carbocycles. The van der Waals surface area contributed by atoms with E-state index in [1.165, 1.54) is 6.42 Å². The summed E-state index contributed by atoms with van der Waals surface area (Å²) >= 11 is 0. The molecule has 1 saturated heterocycles. The van der Waals surface area contributed by atoms with Crippen LogP contribution in [0.4, 0.5) is 0 Å². The molecule has 1 atom stereocenters.